The van der Waals surface area contributed by atoms with Crippen LogP contribution < -0.4 is 0 Å². The predicted octanol–water partition coefficient (Wildman–Crippen LogP) is -0.0948. The van der Waals surface area contributed by atoms with Crippen molar-refractivity contribution < 1.29 is 19.1 Å². The highest BCUT2D eigenvalue weighted by molar-refractivity contribution is 6.13. The van der Waals surface area contributed by atoms with E-state index in [0.29, 0.717) is 4.90 Å². The second-order valence-corrected chi connectivity index (χ2v) is 2.38. The molecule has 1 saturated heterocycles. The Labute approximate surface area is 74.6 Å². The first kappa shape index (κ1) is 9.26. The maximum absolute atomic E-state index is 11.0. The maximum Gasteiger partial charge on any atom is 0.424 e. The van der Waals surface area contributed by atoms with Gasteiger partial charge >= 0.3 is 6.09 Å². The molecule has 1 aliphatic heterocycles. The van der Waals surface area contributed by atoms with E-state index in [1.807, 2.05) is 0 Å². The summed E-state index contributed by atoms with van der Waals surface area (Å²) in [5, 5.41) is 0. The van der Waals surface area contributed by atoms with Crippen molar-refractivity contribution in [2.75, 3.05) is 6.61 Å². The van der Waals surface area contributed by atoms with Gasteiger partial charge in [-0.2, -0.15) is 4.90 Å². The van der Waals surface area contributed by atoms with Gasteiger partial charge in [-0.1, -0.05) is 5.92 Å². The van der Waals surface area contributed by atoms with E-state index >= 15 is 0 Å². The molecule has 0 aromatic carbocycles. The zero-order chi connectivity index (χ0) is 9.84. The van der Waals surface area contributed by atoms with Crippen molar-refractivity contribution >= 4 is 17.9 Å². The van der Waals surface area contributed by atoms with Crippen LogP contribution in [0.1, 0.15) is 12.8 Å². The summed E-state index contributed by atoms with van der Waals surface area (Å²) in [6.45, 7) is -0.240. The smallest absolute Gasteiger partial charge is 0.424 e. The lowest BCUT2D eigenvalue weighted by molar-refractivity contribution is -0.135. The van der Waals surface area contributed by atoms with Gasteiger partial charge in [-0.15, -0.1) is 6.42 Å². The summed E-state index contributed by atoms with van der Waals surface area (Å²) in [4.78, 5) is 33.4. The molecular formula is C8H7NO4. The Morgan fingerprint density at radius 1 is 1.46 bits per heavy atom. The predicted molar refractivity (Wildman–Crippen MR) is 41.3 cm³/mol. The molecule has 0 aromatic heterocycles. The standard InChI is InChI=1S/C8H7NO4/c1-2-5-13-8(12)9-6(10)3-4-7(9)11/h1H,3-5H2. The number of ether oxygens (including phenoxy) is 1. The van der Waals surface area contributed by atoms with Gasteiger partial charge in [0.15, 0.2) is 6.61 Å². The molecule has 0 spiro atoms. The number of carbonyl (C=O) groups is 3. The molecule has 13 heavy (non-hydrogen) atoms. The number of likely N-dealkylation sites (tertiary alicyclic amines) is 1. The molecule has 0 N–H and O–H groups in total. The third-order valence-electron chi connectivity index (χ3n) is 1.51. The fourth-order valence-electron chi connectivity index (χ4n) is 0.948. The van der Waals surface area contributed by atoms with E-state index < -0.39 is 17.9 Å². The summed E-state index contributed by atoms with van der Waals surface area (Å²) in [5.74, 6) is 0.989. The van der Waals surface area contributed by atoms with Crippen LogP contribution in [0.3, 0.4) is 0 Å². The van der Waals surface area contributed by atoms with Crippen LogP contribution in [0.2, 0.25) is 0 Å². The molecule has 1 heterocycles. The molecule has 0 atom stereocenters. The monoisotopic (exact) mass is 181 g/mol. The number of nitrogens with zero attached hydrogens (tertiary/aromatic N) is 1. The van der Waals surface area contributed by atoms with Gasteiger partial charge < -0.3 is 4.74 Å². The molecule has 3 amide bonds. The molecule has 5 heteroatoms. The zero-order valence-electron chi connectivity index (χ0n) is 6.78. The molecule has 1 rings (SSSR count). The normalized spacial score (nSPS) is 15.8. The molecule has 0 saturated carbocycles. The minimum Gasteiger partial charge on any atom is -0.436 e. The topological polar surface area (TPSA) is 63.7 Å². The first-order chi connectivity index (χ1) is 6.16. The molecule has 1 fully saturated rings. The van der Waals surface area contributed by atoms with Gasteiger partial charge in [0, 0.05) is 12.8 Å². The van der Waals surface area contributed by atoms with Crippen LogP contribution in [0.15, 0.2) is 0 Å². The van der Waals surface area contributed by atoms with E-state index in [9.17, 15) is 14.4 Å². The Kier molecular flexibility index (Phi) is 2.65. The second-order valence-electron chi connectivity index (χ2n) is 2.38. The Morgan fingerprint density at radius 2 is 2.00 bits per heavy atom. The van der Waals surface area contributed by atoms with Crippen LogP contribution in [-0.4, -0.2) is 29.4 Å². The third kappa shape index (κ3) is 1.85. The summed E-state index contributed by atoms with van der Waals surface area (Å²) in [6, 6.07) is 0. The van der Waals surface area contributed by atoms with Gasteiger partial charge in [0.2, 0.25) is 11.8 Å². The van der Waals surface area contributed by atoms with Gasteiger partial charge in [0.05, 0.1) is 0 Å². The van der Waals surface area contributed by atoms with E-state index in [4.69, 9.17) is 6.42 Å². The molecule has 68 valence electrons. The highest BCUT2D eigenvalue weighted by Gasteiger charge is 2.35. The molecule has 0 bridgehead atoms. The van der Waals surface area contributed by atoms with E-state index in [-0.39, 0.29) is 19.4 Å². The number of terminal acetylenes is 1. The second kappa shape index (κ2) is 3.72. The van der Waals surface area contributed by atoms with Gasteiger partial charge in [-0.25, -0.2) is 4.79 Å². The number of carbonyl (C=O) groups excluding carboxylic acids is 3. The molecule has 5 nitrogen and oxygen atoms in total. The average molecular weight is 181 g/mol. The average Bonchev–Trinajstić information content (AvgIpc) is 2.42. The SMILES string of the molecule is C#CCOC(=O)N1C(=O)CCC1=O. The zero-order valence-corrected chi connectivity index (χ0v) is 6.78. The van der Waals surface area contributed by atoms with Gasteiger partial charge in [-0.3, -0.25) is 9.59 Å². The first-order valence-electron chi connectivity index (χ1n) is 3.63. The first-order valence-corrected chi connectivity index (χ1v) is 3.63. The highest BCUT2D eigenvalue weighted by atomic mass is 16.6. The lowest BCUT2D eigenvalue weighted by Crippen LogP contribution is -2.36. The molecule has 1 aliphatic rings. The molecule has 0 radical (unpaired) electrons. The van der Waals surface area contributed by atoms with E-state index in [0.717, 1.165) is 0 Å². The number of hydrogen-bond acceptors (Lipinski definition) is 4. The van der Waals surface area contributed by atoms with Crippen molar-refractivity contribution in [3.8, 4) is 12.3 Å². The Bertz CT molecular complexity index is 286. The Balaban J connectivity index is 2.60. The van der Waals surface area contributed by atoms with Crippen molar-refractivity contribution in [3.05, 3.63) is 0 Å². The van der Waals surface area contributed by atoms with E-state index in [2.05, 4.69) is 10.7 Å². The summed E-state index contributed by atoms with van der Waals surface area (Å²) >= 11 is 0. The minimum atomic E-state index is -0.981. The van der Waals surface area contributed by atoms with Crippen molar-refractivity contribution in [3.63, 3.8) is 0 Å². The van der Waals surface area contributed by atoms with E-state index in [1.54, 1.807) is 0 Å². The van der Waals surface area contributed by atoms with Crippen LogP contribution >= 0.6 is 0 Å². The summed E-state index contributed by atoms with van der Waals surface area (Å²) < 4.78 is 4.43. The number of rotatable bonds is 1. The lowest BCUT2D eigenvalue weighted by atomic mass is 10.4. The minimum absolute atomic E-state index is 0.0595. The molecule has 0 aliphatic carbocycles. The quantitative estimate of drug-likeness (QED) is 0.418. The van der Waals surface area contributed by atoms with Crippen LogP contribution in [-0.2, 0) is 14.3 Å². The fourth-order valence-corrected chi connectivity index (χ4v) is 0.948. The Morgan fingerprint density at radius 3 is 2.46 bits per heavy atom. The van der Waals surface area contributed by atoms with Crippen molar-refractivity contribution in [2.24, 2.45) is 0 Å². The van der Waals surface area contributed by atoms with Crippen LogP contribution in [0.25, 0.3) is 0 Å². The fraction of sp³-hybridized carbons (Fsp3) is 0.375. The lowest BCUT2D eigenvalue weighted by Gasteiger charge is -2.09. The summed E-state index contributed by atoms with van der Waals surface area (Å²) in [6.07, 6.45) is 3.97. The highest BCUT2D eigenvalue weighted by Crippen LogP contribution is 2.12. The number of imide groups is 3. The Hall–Kier alpha value is -1.83. The molecule has 0 aromatic rings. The molecule has 0 unspecified atom stereocenters. The largest absolute Gasteiger partial charge is 0.436 e. The third-order valence-corrected chi connectivity index (χ3v) is 1.51. The van der Waals surface area contributed by atoms with Gasteiger partial charge in [0.25, 0.3) is 0 Å². The van der Waals surface area contributed by atoms with E-state index in [1.165, 1.54) is 0 Å². The van der Waals surface area contributed by atoms with Gasteiger partial charge in [-0.05, 0) is 0 Å². The van der Waals surface area contributed by atoms with Crippen molar-refractivity contribution in [1.29, 1.82) is 0 Å². The van der Waals surface area contributed by atoms with Crippen LogP contribution in [0, 0.1) is 12.3 Å². The maximum atomic E-state index is 11.0. The number of hydrogen-bond donors (Lipinski definition) is 0. The number of amides is 3. The molecular weight excluding hydrogens is 174 g/mol. The van der Waals surface area contributed by atoms with Crippen molar-refractivity contribution in [2.45, 2.75) is 12.8 Å². The van der Waals surface area contributed by atoms with Crippen LogP contribution in [0.4, 0.5) is 4.79 Å². The van der Waals surface area contributed by atoms with Crippen molar-refractivity contribution in [1.82, 2.24) is 4.90 Å². The summed E-state index contributed by atoms with van der Waals surface area (Å²) in [7, 11) is 0. The van der Waals surface area contributed by atoms with Gasteiger partial charge in [0.1, 0.15) is 0 Å². The van der Waals surface area contributed by atoms with Crippen LogP contribution in [0.5, 0.6) is 0 Å². The summed E-state index contributed by atoms with van der Waals surface area (Å²) in [5.41, 5.74) is 0.